The summed E-state index contributed by atoms with van der Waals surface area (Å²) in [4.78, 5) is 14.2. The third-order valence-corrected chi connectivity index (χ3v) is 4.01. The Kier molecular flexibility index (Phi) is 4.75. The first-order valence-electron chi connectivity index (χ1n) is 6.50. The Morgan fingerprint density at radius 3 is 2.74 bits per heavy atom. The molecular formula is C15H17BrFNO. The average Bonchev–Trinajstić information content (AvgIpc) is 2.89. The monoisotopic (exact) mass is 325 g/mol. The lowest BCUT2D eigenvalue weighted by atomic mass is 10.1. The van der Waals surface area contributed by atoms with Crippen molar-refractivity contribution in [1.82, 2.24) is 4.90 Å². The fraction of sp³-hybridized carbons (Fsp3) is 0.400. The zero-order chi connectivity index (χ0) is 13.8. The van der Waals surface area contributed by atoms with Gasteiger partial charge >= 0.3 is 0 Å². The molecule has 102 valence electrons. The van der Waals surface area contributed by atoms with Gasteiger partial charge in [-0.05, 0) is 31.0 Å². The maximum atomic E-state index is 13.9. The quantitative estimate of drug-likeness (QED) is 0.761. The second kappa shape index (κ2) is 6.33. The molecule has 1 aliphatic carbocycles. The number of rotatable bonds is 4. The van der Waals surface area contributed by atoms with E-state index in [1.165, 1.54) is 12.1 Å². The SMILES string of the molecule is C=CCN(C(=O)c1ccc(Br)cc1F)C1CCCC1. The van der Waals surface area contributed by atoms with Gasteiger partial charge in [0.15, 0.2) is 0 Å². The van der Waals surface area contributed by atoms with Crippen molar-refractivity contribution in [3.63, 3.8) is 0 Å². The van der Waals surface area contributed by atoms with E-state index in [1.807, 2.05) is 0 Å². The van der Waals surface area contributed by atoms with Crippen molar-refractivity contribution in [2.45, 2.75) is 31.7 Å². The molecule has 0 saturated heterocycles. The van der Waals surface area contributed by atoms with Gasteiger partial charge < -0.3 is 4.90 Å². The van der Waals surface area contributed by atoms with Gasteiger partial charge in [-0.1, -0.05) is 34.8 Å². The van der Waals surface area contributed by atoms with Gasteiger partial charge in [-0.25, -0.2) is 4.39 Å². The van der Waals surface area contributed by atoms with Crippen LogP contribution >= 0.6 is 15.9 Å². The molecule has 2 nitrogen and oxygen atoms in total. The third kappa shape index (κ3) is 3.24. The molecule has 0 heterocycles. The molecule has 4 heteroatoms. The molecule has 0 N–H and O–H groups in total. The standard InChI is InChI=1S/C15H17BrFNO/c1-2-9-18(12-5-3-4-6-12)15(19)13-8-7-11(16)10-14(13)17/h2,7-8,10,12H,1,3-6,9H2. The molecule has 1 aliphatic rings. The molecule has 1 aromatic rings. The number of carbonyl (C=O) groups excluding carboxylic acids is 1. The van der Waals surface area contributed by atoms with Crippen LogP contribution in [0.1, 0.15) is 36.0 Å². The summed E-state index contributed by atoms with van der Waals surface area (Å²) >= 11 is 3.20. The van der Waals surface area contributed by atoms with Crippen LogP contribution in [-0.4, -0.2) is 23.4 Å². The summed E-state index contributed by atoms with van der Waals surface area (Å²) < 4.78 is 14.5. The molecule has 0 spiro atoms. The van der Waals surface area contributed by atoms with E-state index < -0.39 is 5.82 Å². The van der Waals surface area contributed by atoms with Crippen molar-refractivity contribution in [3.05, 3.63) is 46.7 Å². The molecule has 0 aliphatic heterocycles. The maximum absolute atomic E-state index is 13.9. The van der Waals surface area contributed by atoms with Crippen molar-refractivity contribution >= 4 is 21.8 Å². The molecule has 0 aromatic heterocycles. The highest BCUT2D eigenvalue weighted by Gasteiger charge is 2.27. The van der Waals surface area contributed by atoms with Crippen molar-refractivity contribution in [3.8, 4) is 0 Å². The lowest BCUT2D eigenvalue weighted by Crippen LogP contribution is -2.39. The maximum Gasteiger partial charge on any atom is 0.257 e. The van der Waals surface area contributed by atoms with E-state index in [1.54, 1.807) is 17.0 Å². The fourth-order valence-electron chi connectivity index (χ4n) is 2.57. The Balaban J connectivity index is 2.25. The highest BCUT2D eigenvalue weighted by molar-refractivity contribution is 9.10. The number of hydrogen-bond acceptors (Lipinski definition) is 1. The van der Waals surface area contributed by atoms with Crippen molar-refractivity contribution in [2.75, 3.05) is 6.54 Å². The summed E-state index contributed by atoms with van der Waals surface area (Å²) in [5.41, 5.74) is 0.136. The zero-order valence-corrected chi connectivity index (χ0v) is 12.3. The van der Waals surface area contributed by atoms with E-state index in [-0.39, 0.29) is 17.5 Å². The predicted octanol–water partition coefficient (Wildman–Crippen LogP) is 4.16. The third-order valence-electron chi connectivity index (χ3n) is 3.51. The van der Waals surface area contributed by atoms with Crippen molar-refractivity contribution < 1.29 is 9.18 Å². The van der Waals surface area contributed by atoms with E-state index in [9.17, 15) is 9.18 Å². The average molecular weight is 326 g/mol. The molecule has 1 fully saturated rings. The topological polar surface area (TPSA) is 20.3 Å². The van der Waals surface area contributed by atoms with Crippen LogP contribution in [-0.2, 0) is 0 Å². The molecule has 1 saturated carbocycles. The summed E-state index contributed by atoms with van der Waals surface area (Å²) in [6, 6.07) is 4.77. The Hall–Kier alpha value is -1.16. The molecule has 1 aromatic carbocycles. The summed E-state index contributed by atoms with van der Waals surface area (Å²) in [6.45, 7) is 4.16. The second-order valence-corrected chi connectivity index (χ2v) is 5.72. The van der Waals surface area contributed by atoms with Crippen LogP contribution in [0.3, 0.4) is 0 Å². The predicted molar refractivity (Wildman–Crippen MR) is 77.6 cm³/mol. The summed E-state index contributed by atoms with van der Waals surface area (Å²) in [7, 11) is 0. The Morgan fingerprint density at radius 1 is 1.47 bits per heavy atom. The van der Waals surface area contributed by atoms with Crippen LogP contribution in [0.4, 0.5) is 4.39 Å². The van der Waals surface area contributed by atoms with Gasteiger partial charge in [-0.15, -0.1) is 6.58 Å². The smallest absolute Gasteiger partial charge is 0.257 e. The van der Waals surface area contributed by atoms with Crippen LogP contribution in [0, 0.1) is 5.82 Å². The fourth-order valence-corrected chi connectivity index (χ4v) is 2.90. The minimum atomic E-state index is -0.480. The van der Waals surface area contributed by atoms with Crippen molar-refractivity contribution in [2.24, 2.45) is 0 Å². The van der Waals surface area contributed by atoms with Gasteiger partial charge in [0, 0.05) is 17.1 Å². The van der Waals surface area contributed by atoms with Crippen LogP contribution in [0.2, 0.25) is 0 Å². The molecule has 0 bridgehead atoms. The lowest BCUT2D eigenvalue weighted by molar-refractivity contribution is 0.0701. The van der Waals surface area contributed by atoms with E-state index in [0.717, 1.165) is 25.7 Å². The zero-order valence-electron chi connectivity index (χ0n) is 10.7. The highest BCUT2D eigenvalue weighted by Crippen LogP contribution is 2.26. The molecule has 0 radical (unpaired) electrons. The molecule has 0 unspecified atom stereocenters. The number of amides is 1. The number of halogens is 2. The van der Waals surface area contributed by atoms with E-state index in [2.05, 4.69) is 22.5 Å². The Bertz CT molecular complexity index is 483. The minimum absolute atomic E-state index is 0.136. The van der Waals surface area contributed by atoms with E-state index >= 15 is 0 Å². The van der Waals surface area contributed by atoms with Gasteiger partial charge in [0.2, 0.25) is 0 Å². The number of nitrogens with zero attached hydrogens (tertiary/aromatic N) is 1. The minimum Gasteiger partial charge on any atom is -0.332 e. The first-order valence-corrected chi connectivity index (χ1v) is 7.29. The normalized spacial score (nSPS) is 15.5. The number of benzene rings is 1. The van der Waals surface area contributed by atoms with Crippen LogP contribution in [0.15, 0.2) is 35.3 Å². The van der Waals surface area contributed by atoms with Crippen LogP contribution < -0.4 is 0 Å². The second-order valence-electron chi connectivity index (χ2n) is 4.81. The highest BCUT2D eigenvalue weighted by atomic mass is 79.9. The molecule has 2 rings (SSSR count). The van der Waals surface area contributed by atoms with E-state index in [0.29, 0.717) is 11.0 Å². The molecule has 0 atom stereocenters. The van der Waals surface area contributed by atoms with E-state index in [4.69, 9.17) is 0 Å². The lowest BCUT2D eigenvalue weighted by Gasteiger charge is -2.28. The number of hydrogen-bond donors (Lipinski definition) is 0. The van der Waals surface area contributed by atoms with Crippen LogP contribution in [0.5, 0.6) is 0 Å². The van der Waals surface area contributed by atoms with Gasteiger partial charge in [0.1, 0.15) is 5.82 Å². The summed E-state index contributed by atoms with van der Waals surface area (Å²) in [5.74, 6) is -0.719. The molecule has 19 heavy (non-hydrogen) atoms. The Labute approximate surface area is 121 Å². The van der Waals surface area contributed by atoms with Gasteiger partial charge in [0.25, 0.3) is 5.91 Å². The Morgan fingerprint density at radius 2 is 2.16 bits per heavy atom. The van der Waals surface area contributed by atoms with Crippen LogP contribution in [0.25, 0.3) is 0 Å². The molecule has 1 amide bonds. The van der Waals surface area contributed by atoms with Gasteiger partial charge in [-0.3, -0.25) is 4.79 Å². The largest absolute Gasteiger partial charge is 0.332 e. The van der Waals surface area contributed by atoms with Crippen molar-refractivity contribution in [1.29, 1.82) is 0 Å². The summed E-state index contributed by atoms with van der Waals surface area (Å²) in [5, 5.41) is 0. The van der Waals surface area contributed by atoms with Gasteiger partial charge in [-0.2, -0.15) is 0 Å². The van der Waals surface area contributed by atoms with Gasteiger partial charge in [0.05, 0.1) is 5.56 Å². The number of carbonyl (C=O) groups is 1. The molecular weight excluding hydrogens is 309 g/mol. The summed E-state index contributed by atoms with van der Waals surface area (Å²) in [6.07, 6.45) is 5.96. The first-order chi connectivity index (χ1) is 9.13. The first kappa shape index (κ1) is 14.3.